The number of likely N-dealkylation sites (N-methyl/N-ethyl adjacent to an activating group) is 1. The van der Waals surface area contributed by atoms with Crippen LogP contribution in [0.25, 0.3) is 77.8 Å². The Balaban J connectivity index is 0.00000128. The summed E-state index contributed by atoms with van der Waals surface area (Å²) in [5, 5.41) is 3.84. The highest BCUT2D eigenvalue weighted by atomic mass is 15.4. The molecule has 3 aliphatic rings. The topological polar surface area (TPSA) is 22.0 Å². The molecule has 1 aliphatic heterocycles. The van der Waals surface area contributed by atoms with E-state index in [-0.39, 0.29) is 7.43 Å². The maximum absolute atomic E-state index is 2.47. The fraction of sp³-hybridized carbons (Fsp3) is 0.385. The minimum atomic E-state index is 0. The molecule has 0 saturated carbocycles. The second-order valence-corrected chi connectivity index (χ2v) is 24.6. The molecule has 6 heteroatoms. The summed E-state index contributed by atoms with van der Waals surface area (Å²) >= 11 is 0. The van der Waals surface area contributed by atoms with Crippen molar-refractivity contribution in [3.8, 4) is 56.2 Å². The van der Waals surface area contributed by atoms with Crippen LogP contribution in [0, 0.1) is 34.6 Å². The summed E-state index contributed by atoms with van der Waals surface area (Å²) in [5.41, 5.74) is 28.8. The lowest BCUT2D eigenvalue weighted by Gasteiger charge is -2.27. The van der Waals surface area contributed by atoms with Crippen LogP contribution < -0.4 is 23.2 Å². The number of para-hydroxylation sites is 2. The van der Waals surface area contributed by atoms with Gasteiger partial charge in [-0.3, -0.25) is 4.90 Å². The Hall–Kier alpha value is -9.36. The van der Waals surface area contributed by atoms with E-state index in [0.29, 0.717) is 6.17 Å². The maximum Gasteiger partial charge on any atom is 0.216 e. The summed E-state index contributed by atoms with van der Waals surface area (Å²) in [6.45, 7) is 55.5. The van der Waals surface area contributed by atoms with Gasteiger partial charge in [0.15, 0.2) is 18.6 Å². The molecule has 0 spiro atoms. The molecule has 0 radical (unpaired) electrons. The van der Waals surface area contributed by atoms with E-state index in [9.17, 15) is 0 Å². The molecule has 594 valence electrons. The van der Waals surface area contributed by atoms with Gasteiger partial charge >= 0.3 is 0 Å². The molecular formula is C104H152N6+4. The third-order valence-electron chi connectivity index (χ3n) is 18.7. The van der Waals surface area contributed by atoms with Gasteiger partial charge in [0.25, 0.3) is 0 Å². The number of hydrogen-bond donors (Lipinski definition) is 0. The first-order chi connectivity index (χ1) is 53.2. The molecule has 6 nitrogen and oxygen atoms in total. The van der Waals surface area contributed by atoms with Crippen LogP contribution in [0.3, 0.4) is 0 Å². The molecule has 110 heavy (non-hydrogen) atoms. The summed E-state index contributed by atoms with van der Waals surface area (Å²) in [4.78, 5) is 4.85. The zero-order chi connectivity index (χ0) is 82.1. The van der Waals surface area contributed by atoms with E-state index in [2.05, 4.69) is 348 Å². The number of pyridine rings is 4. The molecule has 5 heterocycles. The number of hydrogen-bond acceptors (Lipinski definition) is 2. The first kappa shape index (κ1) is 101. The molecule has 0 amide bonds. The van der Waals surface area contributed by atoms with Gasteiger partial charge in [0.05, 0.1) is 11.7 Å². The van der Waals surface area contributed by atoms with Gasteiger partial charge in [-0.05, 0) is 190 Å². The number of aryl methyl sites for hydroxylation is 10. The maximum atomic E-state index is 2.47. The average molecular weight is 1490 g/mol. The second-order valence-electron chi connectivity index (χ2n) is 24.6. The number of nitrogens with zero attached hydrogens (tertiary/aromatic N) is 6. The van der Waals surface area contributed by atoms with Crippen molar-refractivity contribution in [2.75, 3.05) is 25.0 Å². The summed E-state index contributed by atoms with van der Waals surface area (Å²) < 4.78 is 8.96. The minimum absolute atomic E-state index is 0. The van der Waals surface area contributed by atoms with Crippen molar-refractivity contribution in [3.63, 3.8) is 0 Å². The van der Waals surface area contributed by atoms with Gasteiger partial charge in [-0.15, -0.1) is 0 Å². The standard InChI is InChI=1S/C20H18N.C17H16N.C17H20N.C17H16N.C12H18N2.10C2H6.CH4/c1-14-10-11-17-16-8-4-3-7-15(16)13-18(17)20(14)19-9-5-6-12-21(19)2;1-13-7-3-6-10-16(13)17-11-14-8-4-5-9-15(14)12-18(17)2;1-13-7-3-5-9-15(13)17-16-10-6-4-8-14(16)11-12-18(17)2;1-13-7-3-5-9-15(13)17-12-11-14-8-4-6-10-16(14)18(17)2;1-10-6-4-5-7-12(10)14-9-8-13(3)11(14)2;10*1-2;/h3-12H,13H2,1-2H3;3-12H,1-2H3;3,5,7,9,11-12H,4,6,8,10H2,1-2H3;3-12H,1-2H3;4-7,11H,8-9H2,1-3H3;10*1-2H3;1H4/q4*+1;;;;;;;;;;;;/t;;;;11-;;;;;;;;;;;/m....0.........../s1. The Labute approximate surface area is 674 Å². The summed E-state index contributed by atoms with van der Waals surface area (Å²) in [5.74, 6) is 0. The normalized spacial score (nSPS) is 11.7. The molecule has 4 aromatic heterocycles. The van der Waals surface area contributed by atoms with Gasteiger partial charge in [0.2, 0.25) is 28.3 Å². The van der Waals surface area contributed by atoms with Gasteiger partial charge in [0.1, 0.15) is 28.2 Å². The third kappa shape index (κ3) is 27.3. The van der Waals surface area contributed by atoms with Gasteiger partial charge in [0, 0.05) is 88.2 Å². The largest absolute Gasteiger partial charge is 0.355 e. The number of aromatic nitrogens is 4. The highest BCUT2D eigenvalue weighted by molar-refractivity contribution is 5.86. The molecule has 2 aliphatic carbocycles. The fourth-order valence-corrected chi connectivity index (χ4v) is 13.5. The number of benzene rings is 8. The van der Waals surface area contributed by atoms with Crippen LogP contribution >= 0.6 is 0 Å². The van der Waals surface area contributed by atoms with Crippen molar-refractivity contribution < 1.29 is 18.3 Å². The molecule has 15 rings (SSSR count). The molecular weight excluding hydrogens is 1330 g/mol. The third-order valence-corrected chi connectivity index (χ3v) is 18.7. The van der Waals surface area contributed by atoms with Crippen LogP contribution in [0.5, 0.6) is 0 Å². The van der Waals surface area contributed by atoms with Crippen LogP contribution in [-0.4, -0.2) is 31.2 Å². The molecule has 0 N–H and O–H groups in total. The van der Waals surface area contributed by atoms with Gasteiger partial charge in [-0.1, -0.05) is 285 Å². The molecule has 12 aromatic rings. The lowest BCUT2D eigenvalue weighted by Crippen LogP contribution is -2.34. The second kappa shape index (κ2) is 56.8. The van der Waals surface area contributed by atoms with E-state index in [0.717, 1.165) is 19.5 Å². The average Bonchev–Trinajstić information content (AvgIpc) is 1.59. The Morgan fingerprint density at radius 3 is 1.35 bits per heavy atom. The van der Waals surface area contributed by atoms with Crippen LogP contribution in [0.2, 0.25) is 0 Å². The van der Waals surface area contributed by atoms with Gasteiger partial charge < -0.3 is 4.90 Å². The summed E-state index contributed by atoms with van der Waals surface area (Å²) in [6.07, 6.45) is 13.2. The number of fused-ring (bicyclic) bond motifs is 6. The molecule has 1 atom stereocenters. The van der Waals surface area contributed by atoms with E-state index in [1.165, 1.54) is 148 Å². The molecule has 1 saturated heterocycles. The van der Waals surface area contributed by atoms with Crippen molar-refractivity contribution >= 4 is 27.4 Å². The lowest BCUT2D eigenvalue weighted by molar-refractivity contribution is -0.660. The van der Waals surface area contributed by atoms with E-state index in [1.807, 2.05) is 138 Å². The molecule has 0 unspecified atom stereocenters. The first-order valence-corrected chi connectivity index (χ1v) is 41.9. The smallest absolute Gasteiger partial charge is 0.216 e. The van der Waals surface area contributed by atoms with Crippen molar-refractivity contribution in [2.45, 2.75) is 226 Å². The van der Waals surface area contributed by atoms with Crippen molar-refractivity contribution in [1.82, 2.24) is 4.90 Å². The van der Waals surface area contributed by atoms with E-state index >= 15 is 0 Å². The molecule has 0 bridgehead atoms. The predicted octanol–water partition coefficient (Wildman–Crippen LogP) is 27.7. The molecule has 8 aromatic carbocycles. The zero-order valence-electron chi connectivity index (χ0n) is 74.3. The highest BCUT2D eigenvalue weighted by Gasteiger charge is 2.28. The highest BCUT2D eigenvalue weighted by Crippen LogP contribution is 2.42. The van der Waals surface area contributed by atoms with Crippen LogP contribution in [0.4, 0.5) is 5.69 Å². The minimum Gasteiger partial charge on any atom is -0.355 e. The van der Waals surface area contributed by atoms with E-state index in [4.69, 9.17) is 0 Å². The van der Waals surface area contributed by atoms with Crippen LogP contribution in [0.15, 0.2) is 243 Å². The quantitative estimate of drug-likeness (QED) is 0.160. The van der Waals surface area contributed by atoms with Gasteiger partial charge in [-0.2, -0.15) is 4.57 Å². The Kier molecular flexibility index (Phi) is 52.0. The monoisotopic (exact) mass is 1490 g/mol. The van der Waals surface area contributed by atoms with E-state index in [1.54, 1.807) is 11.1 Å². The lowest BCUT2D eigenvalue weighted by atomic mass is 9.88. The summed E-state index contributed by atoms with van der Waals surface area (Å²) in [6, 6.07) is 80.0. The van der Waals surface area contributed by atoms with Gasteiger partial charge in [-0.25, -0.2) is 13.7 Å². The number of anilines is 1. The van der Waals surface area contributed by atoms with Crippen LogP contribution in [0.1, 0.15) is 216 Å². The van der Waals surface area contributed by atoms with Crippen LogP contribution in [-0.2, 0) is 47.5 Å². The Morgan fingerprint density at radius 1 is 0.336 bits per heavy atom. The van der Waals surface area contributed by atoms with Crippen molar-refractivity contribution in [3.05, 3.63) is 293 Å². The molecule has 1 fully saturated rings. The first-order valence-electron chi connectivity index (χ1n) is 41.9. The van der Waals surface area contributed by atoms with Crippen molar-refractivity contribution in [2.24, 2.45) is 28.2 Å². The Morgan fingerprint density at radius 2 is 0.809 bits per heavy atom. The van der Waals surface area contributed by atoms with Crippen molar-refractivity contribution in [1.29, 1.82) is 0 Å². The SMILES string of the molecule is C.CC.CC.CC.CC.CC.CC.CC.CC.CC.CC.Cc1ccc2c(c1-c1cccc[n+]1C)Cc1ccccc1-2.Cc1ccccc1-c1c2c(cc[n+]1C)CCCC2.Cc1ccccc1-c1cc2ccccc2c[n+]1C.Cc1ccccc1-c1ccc2ccccc2[n+]1C.Cc1ccccc1N1CCN(C)[C@@H]1C. The predicted molar refractivity (Wildman–Crippen MR) is 492 cm³/mol. The van der Waals surface area contributed by atoms with E-state index < -0.39 is 0 Å². The zero-order valence-corrected chi connectivity index (χ0v) is 74.3. The number of rotatable bonds is 5. The Bertz CT molecular complexity index is 4430. The summed E-state index contributed by atoms with van der Waals surface area (Å²) in [7, 11) is 10.7. The fourth-order valence-electron chi connectivity index (χ4n) is 13.5.